The molecule has 1 aromatic heterocycles. The number of nitrogens with zero attached hydrogens (tertiary/aromatic N) is 4. The molecule has 92 valence electrons. The number of methoxy groups -OCH3 is 1. The number of benzene rings is 1. The van der Waals surface area contributed by atoms with Crippen molar-refractivity contribution in [2.75, 3.05) is 12.5 Å². The van der Waals surface area contributed by atoms with Gasteiger partial charge in [-0.15, -0.1) is 0 Å². The number of nitrogens with one attached hydrogen (secondary N) is 1. The van der Waals surface area contributed by atoms with Crippen LogP contribution in [0.4, 0.5) is 5.69 Å². The molecule has 0 saturated heterocycles. The average Bonchev–Trinajstić information content (AvgIpc) is 2.47. The van der Waals surface area contributed by atoms with E-state index in [1.807, 2.05) is 12.1 Å². The summed E-state index contributed by atoms with van der Waals surface area (Å²) in [6.45, 7) is 0. The molecular formula is C13H9N5O. The minimum Gasteiger partial charge on any atom is -0.481 e. The molecule has 19 heavy (non-hydrogen) atoms. The molecule has 1 aromatic carbocycles. The van der Waals surface area contributed by atoms with Crippen molar-refractivity contribution in [1.29, 1.82) is 10.5 Å². The SMILES string of the molecule is COc1ccc2cc(NN=C(C#N)C#N)ccc2n1. The highest BCUT2D eigenvalue weighted by Gasteiger charge is 2.00. The summed E-state index contributed by atoms with van der Waals surface area (Å²) in [5.74, 6) is 0.544. The standard InChI is InChI=1S/C13H9N5O/c1-19-13-5-2-9-6-10(3-4-12(9)16-13)17-18-11(7-14)8-15/h2-6,17H,1H3. The molecule has 1 heterocycles. The van der Waals surface area contributed by atoms with Crippen LogP contribution >= 0.6 is 0 Å². The molecule has 0 radical (unpaired) electrons. The molecule has 0 saturated carbocycles. The van der Waals surface area contributed by atoms with E-state index in [2.05, 4.69) is 15.5 Å². The maximum Gasteiger partial charge on any atom is 0.237 e. The highest BCUT2D eigenvalue weighted by Crippen LogP contribution is 2.20. The fraction of sp³-hybridized carbons (Fsp3) is 0.0769. The Morgan fingerprint density at radius 2 is 2.05 bits per heavy atom. The first kappa shape index (κ1) is 12.3. The van der Waals surface area contributed by atoms with Gasteiger partial charge in [0.25, 0.3) is 0 Å². The summed E-state index contributed by atoms with van der Waals surface area (Å²) in [7, 11) is 1.56. The van der Waals surface area contributed by atoms with E-state index in [4.69, 9.17) is 15.3 Å². The number of hydrazone groups is 1. The molecule has 2 aromatic rings. The van der Waals surface area contributed by atoms with Crippen LogP contribution in [0.3, 0.4) is 0 Å². The van der Waals surface area contributed by atoms with Crippen LogP contribution in [0, 0.1) is 22.7 Å². The van der Waals surface area contributed by atoms with Crippen molar-refractivity contribution in [3.8, 4) is 18.0 Å². The van der Waals surface area contributed by atoms with Gasteiger partial charge in [0.05, 0.1) is 18.3 Å². The van der Waals surface area contributed by atoms with Crippen LogP contribution in [0.2, 0.25) is 0 Å². The zero-order chi connectivity index (χ0) is 13.7. The Labute approximate surface area is 109 Å². The Hall–Kier alpha value is -3.12. The molecule has 0 aliphatic heterocycles. The second kappa shape index (κ2) is 5.48. The minimum absolute atomic E-state index is 0.229. The molecule has 6 heteroatoms. The van der Waals surface area contributed by atoms with E-state index in [1.165, 1.54) is 0 Å². The number of ether oxygens (including phenoxy) is 1. The zero-order valence-electron chi connectivity index (χ0n) is 10.1. The number of rotatable bonds is 3. The molecule has 0 fully saturated rings. The monoisotopic (exact) mass is 251 g/mol. The molecule has 0 aliphatic rings. The topological polar surface area (TPSA) is 94.1 Å². The van der Waals surface area contributed by atoms with Crippen molar-refractivity contribution >= 4 is 22.3 Å². The lowest BCUT2D eigenvalue weighted by Gasteiger charge is -2.04. The van der Waals surface area contributed by atoms with E-state index in [1.54, 1.807) is 37.4 Å². The van der Waals surface area contributed by atoms with Gasteiger partial charge < -0.3 is 4.74 Å². The van der Waals surface area contributed by atoms with Gasteiger partial charge in [-0.2, -0.15) is 15.6 Å². The lowest BCUT2D eigenvalue weighted by atomic mass is 10.2. The van der Waals surface area contributed by atoms with Crippen LogP contribution in [0.1, 0.15) is 0 Å². The normalized spacial score (nSPS) is 9.21. The van der Waals surface area contributed by atoms with E-state index >= 15 is 0 Å². The fourth-order valence-electron chi connectivity index (χ4n) is 1.49. The third-order valence-corrected chi connectivity index (χ3v) is 2.38. The largest absolute Gasteiger partial charge is 0.481 e. The number of hydrogen-bond acceptors (Lipinski definition) is 6. The fourth-order valence-corrected chi connectivity index (χ4v) is 1.49. The average molecular weight is 251 g/mol. The highest BCUT2D eigenvalue weighted by atomic mass is 16.5. The van der Waals surface area contributed by atoms with Gasteiger partial charge in [-0.05, 0) is 24.3 Å². The van der Waals surface area contributed by atoms with E-state index < -0.39 is 0 Å². The Morgan fingerprint density at radius 1 is 1.26 bits per heavy atom. The van der Waals surface area contributed by atoms with Gasteiger partial charge >= 0.3 is 0 Å². The number of hydrogen-bond donors (Lipinski definition) is 1. The minimum atomic E-state index is -0.229. The summed E-state index contributed by atoms with van der Waals surface area (Å²) in [4.78, 5) is 4.27. The Morgan fingerprint density at radius 3 is 2.74 bits per heavy atom. The molecule has 0 aliphatic carbocycles. The zero-order valence-corrected chi connectivity index (χ0v) is 10.1. The molecule has 0 spiro atoms. The van der Waals surface area contributed by atoms with Crippen molar-refractivity contribution in [1.82, 2.24) is 4.98 Å². The highest BCUT2D eigenvalue weighted by molar-refractivity contribution is 6.10. The van der Waals surface area contributed by atoms with Crippen LogP contribution in [0.25, 0.3) is 10.9 Å². The lowest BCUT2D eigenvalue weighted by molar-refractivity contribution is 0.399. The van der Waals surface area contributed by atoms with Crippen LogP contribution in [-0.4, -0.2) is 17.8 Å². The van der Waals surface area contributed by atoms with E-state index in [9.17, 15) is 0 Å². The Bertz CT molecular complexity index is 708. The molecule has 0 unspecified atom stereocenters. The van der Waals surface area contributed by atoms with E-state index in [0.717, 1.165) is 10.9 Å². The predicted molar refractivity (Wildman–Crippen MR) is 70.6 cm³/mol. The molecule has 0 amide bonds. The molecular weight excluding hydrogens is 242 g/mol. The van der Waals surface area contributed by atoms with Crippen molar-refractivity contribution < 1.29 is 4.74 Å². The maximum atomic E-state index is 8.57. The maximum absolute atomic E-state index is 8.57. The van der Waals surface area contributed by atoms with Crippen LogP contribution in [0.5, 0.6) is 5.88 Å². The molecule has 2 rings (SSSR count). The van der Waals surface area contributed by atoms with Crippen molar-refractivity contribution in [2.24, 2.45) is 5.10 Å². The van der Waals surface area contributed by atoms with Gasteiger partial charge in [-0.25, -0.2) is 4.98 Å². The summed E-state index contributed by atoms with van der Waals surface area (Å²) < 4.78 is 5.04. The second-order valence-electron chi connectivity index (χ2n) is 3.56. The van der Waals surface area contributed by atoms with Crippen LogP contribution < -0.4 is 10.2 Å². The first-order valence-electron chi connectivity index (χ1n) is 5.35. The summed E-state index contributed by atoms with van der Waals surface area (Å²) in [5.41, 5.74) is 3.88. The summed E-state index contributed by atoms with van der Waals surface area (Å²) in [5, 5.41) is 21.7. The van der Waals surface area contributed by atoms with E-state index in [0.29, 0.717) is 11.6 Å². The Balaban J connectivity index is 2.31. The van der Waals surface area contributed by atoms with Gasteiger partial charge in [0, 0.05) is 11.5 Å². The molecule has 1 N–H and O–H groups in total. The van der Waals surface area contributed by atoms with Gasteiger partial charge in [-0.3, -0.25) is 5.43 Å². The molecule has 6 nitrogen and oxygen atoms in total. The van der Waals surface area contributed by atoms with Gasteiger partial charge in [0.15, 0.2) is 0 Å². The van der Waals surface area contributed by atoms with E-state index in [-0.39, 0.29) is 5.71 Å². The number of aromatic nitrogens is 1. The van der Waals surface area contributed by atoms with Crippen LogP contribution in [-0.2, 0) is 0 Å². The third kappa shape index (κ3) is 2.76. The first-order valence-corrected chi connectivity index (χ1v) is 5.35. The number of anilines is 1. The molecule has 0 bridgehead atoms. The number of fused-ring (bicyclic) bond motifs is 1. The third-order valence-electron chi connectivity index (χ3n) is 2.38. The first-order chi connectivity index (χ1) is 9.26. The Kier molecular flexibility index (Phi) is 3.56. The van der Waals surface area contributed by atoms with Gasteiger partial charge in [0.2, 0.25) is 11.6 Å². The summed E-state index contributed by atoms with van der Waals surface area (Å²) in [6, 6.07) is 12.3. The van der Waals surface area contributed by atoms with Crippen molar-refractivity contribution in [2.45, 2.75) is 0 Å². The van der Waals surface area contributed by atoms with Gasteiger partial charge in [0.1, 0.15) is 12.1 Å². The van der Waals surface area contributed by atoms with Crippen LogP contribution in [0.15, 0.2) is 35.4 Å². The predicted octanol–water partition coefficient (Wildman–Crippen LogP) is 2.06. The summed E-state index contributed by atoms with van der Waals surface area (Å²) in [6.07, 6.45) is 0. The van der Waals surface area contributed by atoms with Crippen molar-refractivity contribution in [3.63, 3.8) is 0 Å². The number of pyridine rings is 1. The van der Waals surface area contributed by atoms with Crippen molar-refractivity contribution in [3.05, 3.63) is 30.3 Å². The summed E-state index contributed by atoms with van der Waals surface area (Å²) >= 11 is 0. The second-order valence-corrected chi connectivity index (χ2v) is 3.56. The lowest BCUT2D eigenvalue weighted by Crippen LogP contribution is -1.96. The number of nitriles is 2. The molecule has 0 atom stereocenters. The smallest absolute Gasteiger partial charge is 0.237 e. The van der Waals surface area contributed by atoms with Gasteiger partial charge in [-0.1, -0.05) is 0 Å². The quantitative estimate of drug-likeness (QED) is 0.665.